The molecule has 1 saturated heterocycles. The molecule has 28 heavy (non-hydrogen) atoms. The summed E-state index contributed by atoms with van der Waals surface area (Å²) in [5, 5.41) is 7.06. The highest BCUT2D eigenvalue weighted by Gasteiger charge is 2.25. The molecule has 0 spiro atoms. The molecule has 0 aliphatic carbocycles. The van der Waals surface area contributed by atoms with Crippen molar-refractivity contribution >= 4 is 23.4 Å². The first-order chi connectivity index (χ1) is 13.8. The van der Waals surface area contributed by atoms with Crippen LogP contribution >= 0.6 is 11.8 Å². The number of nitrogens with one attached hydrogen (secondary N) is 2. The summed E-state index contributed by atoms with van der Waals surface area (Å²) >= 11 is 1.81. The second-order valence-electron chi connectivity index (χ2n) is 6.73. The smallest absolute Gasteiger partial charge is 0.191 e. The Morgan fingerprint density at radius 3 is 3.00 bits per heavy atom. The molecule has 2 N–H and O–H groups in total. The van der Waals surface area contributed by atoms with E-state index >= 15 is 0 Å². The zero-order valence-electron chi connectivity index (χ0n) is 16.7. The van der Waals surface area contributed by atoms with E-state index in [1.54, 1.807) is 13.4 Å². The molecule has 2 aromatic rings. The fourth-order valence-corrected chi connectivity index (χ4v) is 3.62. The van der Waals surface area contributed by atoms with Crippen LogP contribution in [0.3, 0.4) is 0 Å². The Balaban J connectivity index is 1.55. The Morgan fingerprint density at radius 1 is 1.32 bits per heavy atom. The van der Waals surface area contributed by atoms with Gasteiger partial charge in [-0.15, -0.1) is 0 Å². The lowest BCUT2D eigenvalue weighted by Gasteiger charge is -2.22. The molecular weight excluding hydrogens is 372 g/mol. The van der Waals surface area contributed by atoms with Gasteiger partial charge in [0, 0.05) is 37.8 Å². The number of ether oxygens (including phenoxy) is 1. The molecule has 152 valence electrons. The van der Waals surface area contributed by atoms with E-state index in [4.69, 9.17) is 14.1 Å². The van der Waals surface area contributed by atoms with Crippen molar-refractivity contribution in [1.29, 1.82) is 0 Å². The number of thioether (sulfide) groups is 1. The molecule has 0 radical (unpaired) electrons. The van der Waals surface area contributed by atoms with E-state index in [9.17, 15) is 0 Å². The summed E-state index contributed by atoms with van der Waals surface area (Å²) in [7, 11) is 1.73. The van der Waals surface area contributed by atoms with E-state index in [1.165, 1.54) is 0 Å². The Morgan fingerprint density at radius 2 is 2.21 bits per heavy atom. The second kappa shape index (κ2) is 10.9. The largest absolute Gasteiger partial charge is 0.495 e. The fourth-order valence-electron chi connectivity index (χ4n) is 3.34. The van der Waals surface area contributed by atoms with Gasteiger partial charge >= 0.3 is 0 Å². The average molecular weight is 403 g/mol. The van der Waals surface area contributed by atoms with Crippen LogP contribution in [-0.2, 0) is 6.42 Å². The number of nitrogens with zero attached hydrogens (tertiary/aromatic N) is 2. The van der Waals surface area contributed by atoms with Crippen LogP contribution in [0.1, 0.15) is 12.2 Å². The standard InChI is InChI=1S/C21H30N4O2S/c1-26-20-8-4-3-7-19(20)25-13-10-17(16-25)24-21(23-12-15-28-2)22-11-9-18-6-5-14-27-18/h3-8,14,17H,9-13,15-16H2,1-2H3,(H2,22,23,24). The van der Waals surface area contributed by atoms with Gasteiger partial charge in [0.1, 0.15) is 11.5 Å². The van der Waals surface area contributed by atoms with Crippen LogP contribution < -0.4 is 20.3 Å². The minimum atomic E-state index is 0.356. The molecule has 1 unspecified atom stereocenters. The van der Waals surface area contributed by atoms with Crippen LogP contribution in [0.2, 0.25) is 0 Å². The summed E-state index contributed by atoms with van der Waals surface area (Å²) in [4.78, 5) is 7.10. The van der Waals surface area contributed by atoms with Crippen molar-refractivity contribution in [3.63, 3.8) is 0 Å². The first-order valence-corrected chi connectivity index (χ1v) is 11.1. The van der Waals surface area contributed by atoms with Gasteiger partial charge in [0.15, 0.2) is 5.96 Å². The zero-order chi connectivity index (χ0) is 19.6. The highest BCUT2D eigenvalue weighted by atomic mass is 32.2. The predicted octanol–water partition coefficient (Wildman–Crippen LogP) is 3.01. The highest BCUT2D eigenvalue weighted by molar-refractivity contribution is 7.98. The third kappa shape index (κ3) is 5.86. The Bertz CT molecular complexity index is 736. The number of benzene rings is 1. The van der Waals surface area contributed by atoms with Crippen LogP contribution in [0.4, 0.5) is 5.69 Å². The molecule has 1 aromatic heterocycles. The van der Waals surface area contributed by atoms with E-state index in [0.29, 0.717) is 6.04 Å². The summed E-state index contributed by atoms with van der Waals surface area (Å²) in [6, 6.07) is 12.5. The number of furan rings is 1. The van der Waals surface area contributed by atoms with Crippen molar-refractivity contribution in [2.45, 2.75) is 18.9 Å². The molecule has 0 saturated carbocycles. The number of para-hydroxylation sites is 2. The maximum absolute atomic E-state index is 5.52. The molecule has 7 heteroatoms. The minimum Gasteiger partial charge on any atom is -0.495 e. The van der Waals surface area contributed by atoms with Crippen molar-refractivity contribution in [3.8, 4) is 5.75 Å². The maximum atomic E-state index is 5.52. The van der Waals surface area contributed by atoms with Gasteiger partial charge in [0.05, 0.1) is 25.6 Å². The molecule has 6 nitrogen and oxygen atoms in total. The van der Waals surface area contributed by atoms with Crippen molar-refractivity contribution in [1.82, 2.24) is 10.6 Å². The van der Waals surface area contributed by atoms with Crippen LogP contribution in [0.15, 0.2) is 52.1 Å². The van der Waals surface area contributed by atoms with Crippen molar-refractivity contribution in [3.05, 3.63) is 48.4 Å². The van der Waals surface area contributed by atoms with E-state index < -0.39 is 0 Å². The summed E-state index contributed by atoms with van der Waals surface area (Å²) in [5.74, 6) is 3.81. The number of anilines is 1. The van der Waals surface area contributed by atoms with Gasteiger partial charge in [-0.05, 0) is 36.9 Å². The third-order valence-electron chi connectivity index (χ3n) is 4.76. The lowest BCUT2D eigenvalue weighted by atomic mass is 10.2. The lowest BCUT2D eigenvalue weighted by Crippen LogP contribution is -2.45. The molecular formula is C21H30N4O2S. The Kier molecular flexibility index (Phi) is 7.96. The number of hydrogen-bond acceptors (Lipinski definition) is 5. The molecule has 1 aliphatic rings. The van der Waals surface area contributed by atoms with Crippen LogP contribution in [0, 0.1) is 0 Å². The SMILES string of the molecule is COc1ccccc1N1CCC(NC(=NCCSC)NCCc2ccco2)C1. The van der Waals surface area contributed by atoms with Gasteiger partial charge in [0.25, 0.3) is 0 Å². The number of guanidine groups is 1. The van der Waals surface area contributed by atoms with E-state index in [-0.39, 0.29) is 0 Å². The molecule has 2 heterocycles. The van der Waals surface area contributed by atoms with Crippen LogP contribution in [0.25, 0.3) is 0 Å². The number of aliphatic imine (C=N–C) groups is 1. The van der Waals surface area contributed by atoms with Crippen molar-refractivity contribution < 1.29 is 9.15 Å². The van der Waals surface area contributed by atoms with Gasteiger partial charge in [-0.3, -0.25) is 4.99 Å². The highest BCUT2D eigenvalue weighted by Crippen LogP contribution is 2.30. The number of rotatable bonds is 9. The van der Waals surface area contributed by atoms with Gasteiger partial charge in [-0.25, -0.2) is 0 Å². The molecule has 1 aliphatic heterocycles. The molecule has 0 amide bonds. The average Bonchev–Trinajstić information content (AvgIpc) is 3.40. The van der Waals surface area contributed by atoms with Gasteiger partial charge in [-0.2, -0.15) is 11.8 Å². The summed E-state index contributed by atoms with van der Waals surface area (Å²) in [6.45, 7) is 3.53. The number of hydrogen-bond donors (Lipinski definition) is 2. The second-order valence-corrected chi connectivity index (χ2v) is 7.71. The van der Waals surface area contributed by atoms with Gasteiger partial charge in [-0.1, -0.05) is 12.1 Å². The molecule has 1 aromatic carbocycles. The topological polar surface area (TPSA) is 62.0 Å². The Labute approximate surface area is 171 Å². The normalized spacial score (nSPS) is 17.0. The fraction of sp³-hybridized carbons (Fsp3) is 0.476. The summed E-state index contributed by atoms with van der Waals surface area (Å²) in [5.41, 5.74) is 1.15. The Hall–Kier alpha value is -2.28. The maximum Gasteiger partial charge on any atom is 0.191 e. The van der Waals surface area contributed by atoms with Crippen LogP contribution in [-0.4, -0.2) is 57.3 Å². The van der Waals surface area contributed by atoms with E-state index in [2.05, 4.69) is 33.9 Å². The predicted molar refractivity (Wildman–Crippen MR) is 118 cm³/mol. The third-order valence-corrected chi connectivity index (χ3v) is 5.36. The minimum absolute atomic E-state index is 0.356. The summed E-state index contributed by atoms with van der Waals surface area (Å²) < 4.78 is 10.9. The monoisotopic (exact) mass is 402 g/mol. The molecule has 1 atom stereocenters. The van der Waals surface area contributed by atoms with Gasteiger partial charge in [0.2, 0.25) is 0 Å². The lowest BCUT2D eigenvalue weighted by molar-refractivity contribution is 0.415. The first kappa shape index (κ1) is 20.5. The van der Waals surface area contributed by atoms with Crippen molar-refractivity contribution in [2.75, 3.05) is 50.2 Å². The van der Waals surface area contributed by atoms with E-state index in [1.807, 2.05) is 36.0 Å². The molecule has 1 fully saturated rings. The molecule has 0 bridgehead atoms. The van der Waals surface area contributed by atoms with Gasteiger partial charge < -0.3 is 24.7 Å². The molecule has 3 rings (SSSR count). The summed E-state index contributed by atoms with van der Waals surface area (Å²) in [6.07, 6.45) is 5.73. The van der Waals surface area contributed by atoms with Crippen molar-refractivity contribution in [2.24, 2.45) is 4.99 Å². The first-order valence-electron chi connectivity index (χ1n) is 9.74. The van der Waals surface area contributed by atoms with E-state index in [0.717, 1.165) is 67.9 Å². The number of methoxy groups -OCH3 is 1. The zero-order valence-corrected chi connectivity index (χ0v) is 17.5. The quantitative estimate of drug-likeness (QED) is 0.382. The van der Waals surface area contributed by atoms with Crippen LogP contribution in [0.5, 0.6) is 5.75 Å².